The van der Waals surface area contributed by atoms with E-state index in [1.165, 1.54) is 0 Å². The SMILES string of the molecule is Cn1cc(N2CCN(C(=O)CCc3ccccc3N)CC2=O)cn1. The molecule has 0 aliphatic carbocycles. The van der Waals surface area contributed by atoms with Crippen LogP contribution in [0.4, 0.5) is 11.4 Å². The standard InChI is InChI=1S/C17H21N5O2/c1-20-11-14(10-19-20)22-9-8-21(12-17(22)24)16(23)7-6-13-4-2-3-5-15(13)18/h2-5,10-11H,6-9,12,18H2,1H3. The fraction of sp³-hybridized carbons (Fsp3) is 0.353. The van der Waals surface area contributed by atoms with Gasteiger partial charge in [-0.1, -0.05) is 18.2 Å². The summed E-state index contributed by atoms with van der Waals surface area (Å²) in [4.78, 5) is 28.0. The number of nitrogen functional groups attached to an aromatic ring is 1. The molecule has 1 saturated heterocycles. The predicted molar refractivity (Wildman–Crippen MR) is 91.3 cm³/mol. The number of carbonyl (C=O) groups excluding carboxylic acids is 2. The summed E-state index contributed by atoms with van der Waals surface area (Å²) in [7, 11) is 1.81. The highest BCUT2D eigenvalue weighted by Gasteiger charge is 2.28. The van der Waals surface area contributed by atoms with Crippen LogP contribution in [-0.4, -0.2) is 46.1 Å². The van der Waals surface area contributed by atoms with Gasteiger partial charge in [0.25, 0.3) is 0 Å². The van der Waals surface area contributed by atoms with Crippen LogP contribution in [0.3, 0.4) is 0 Å². The molecule has 3 rings (SSSR count). The van der Waals surface area contributed by atoms with Crippen molar-refractivity contribution in [2.24, 2.45) is 7.05 Å². The fourth-order valence-electron chi connectivity index (χ4n) is 2.87. The first kappa shape index (κ1) is 16.0. The van der Waals surface area contributed by atoms with Gasteiger partial charge in [0.2, 0.25) is 11.8 Å². The molecule has 2 amide bonds. The number of carbonyl (C=O) groups is 2. The molecule has 7 heteroatoms. The Kier molecular flexibility index (Phi) is 4.50. The molecule has 1 fully saturated rings. The lowest BCUT2D eigenvalue weighted by molar-refractivity contribution is -0.136. The van der Waals surface area contributed by atoms with Gasteiger partial charge in [0.05, 0.1) is 11.9 Å². The zero-order chi connectivity index (χ0) is 17.1. The van der Waals surface area contributed by atoms with Crippen LogP contribution in [0.25, 0.3) is 0 Å². The molecular formula is C17H21N5O2. The van der Waals surface area contributed by atoms with Crippen molar-refractivity contribution in [1.29, 1.82) is 0 Å². The maximum Gasteiger partial charge on any atom is 0.246 e. The molecule has 0 spiro atoms. The summed E-state index contributed by atoms with van der Waals surface area (Å²) in [6.07, 6.45) is 4.40. The number of nitrogens with zero attached hydrogens (tertiary/aromatic N) is 4. The van der Waals surface area contributed by atoms with Crippen molar-refractivity contribution in [1.82, 2.24) is 14.7 Å². The zero-order valence-corrected chi connectivity index (χ0v) is 13.7. The smallest absolute Gasteiger partial charge is 0.246 e. The normalized spacial score (nSPS) is 15.0. The van der Waals surface area contributed by atoms with Crippen molar-refractivity contribution in [3.05, 3.63) is 42.2 Å². The van der Waals surface area contributed by atoms with E-state index in [0.29, 0.717) is 31.6 Å². The molecule has 0 atom stereocenters. The van der Waals surface area contributed by atoms with Gasteiger partial charge in [0, 0.05) is 38.4 Å². The average molecular weight is 327 g/mol. The number of hydrogen-bond acceptors (Lipinski definition) is 4. The van der Waals surface area contributed by atoms with E-state index in [9.17, 15) is 9.59 Å². The van der Waals surface area contributed by atoms with Gasteiger partial charge in [0.15, 0.2) is 0 Å². The third kappa shape index (κ3) is 3.40. The number of aromatic nitrogens is 2. The first-order valence-electron chi connectivity index (χ1n) is 7.95. The van der Waals surface area contributed by atoms with Crippen LogP contribution in [0.15, 0.2) is 36.7 Å². The number of nitrogens with two attached hydrogens (primary N) is 1. The summed E-state index contributed by atoms with van der Waals surface area (Å²) < 4.78 is 1.66. The molecular weight excluding hydrogens is 306 g/mol. The number of piperazine rings is 1. The summed E-state index contributed by atoms with van der Waals surface area (Å²) >= 11 is 0. The molecule has 0 unspecified atom stereocenters. The molecule has 1 aromatic heterocycles. The van der Waals surface area contributed by atoms with Crippen molar-refractivity contribution in [2.75, 3.05) is 30.3 Å². The molecule has 2 aromatic rings. The van der Waals surface area contributed by atoms with E-state index in [-0.39, 0.29) is 18.4 Å². The van der Waals surface area contributed by atoms with Gasteiger partial charge in [-0.25, -0.2) is 0 Å². The van der Waals surface area contributed by atoms with Gasteiger partial charge in [-0.2, -0.15) is 5.10 Å². The van der Waals surface area contributed by atoms with E-state index in [1.807, 2.05) is 31.3 Å². The lowest BCUT2D eigenvalue weighted by Gasteiger charge is -2.33. The van der Waals surface area contributed by atoms with Gasteiger partial charge in [-0.05, 0) is 18.1 Å². The number of benzene rings is 1. The first-order chi connectivity index (χ1) is 11.5. The van der Waals surface area contributed by atoms with Crippen LogP contribution in [0, 0.1) is 0 Å². The first-order valence-corrected chi connectivity index (χ1v) is 7.95. The van der Waals surface area contributed by atoms with Crippen LogP contribution in [0.1, 0.15) is 12.0 Å². The monoisotopic (exact) mass is 327 g/mol. The highest BCUT2D eigenvalue weighted by atomic mass is 16.2. The minimum absolute atomic E-state index is 0.0163. The van der Waals surface area contributed by atoms with Gasteiger partial charge in [-0.15, -0.1) is 0 Å². The second-order valence-electron chi connectivity index (χ2n) is 5.93. The van der Waals surface area contributed by atoms with Gasteiger partial charge in [0.1, 0.15) is 6.54 Å². The number of aryl methyl sites for hydroxylation is 2. The Hall–Kier alpha value is -2.83. The van der Waals surface area contributed by atoms with E-state index in [0.717, 1.165) is 11.3 Å². The van der Waals surface area contributed by atoms with Crippen LogP contribution in [-0.2, 0) is 23.1 Å². The van der Waals surface area contributed by atoms with Crippen molar-refractivity contribution in [2.45, 2.75) is 12.8 Å². The lowest BCUT2D eigenvalue weighted by Crippen LogP contribution is -2.52. The summed E-state index contributed by atoms with van der Waals surface area (Å²) in [6, 6.07) is 7.54. The number of amides is 2. The largest absolute Gasteiger partial charge is 0.399 e. The van der Waals surface area contributed by atoms with Crippen molar-refractivity contribution >= 4 is 23.2 Å². The molecule has 7 nitrogen and oxygen atoms in total. The molecule has 1 aliphatic heterocycles. The maximum atomic E-state index is 12.4. The lowest BCUT2D eigenvalue weighted by atomic mass is 10.1. The number of anilines is 2. The summed E-state index contributed by atoms with van der Waals surface area (Å²) in [5.41, 5.74) is 8.33. The molecule has 2 heterocycles. The Morgan fingerprint density at radius 3 is 2.75 bits per heavy atom. The van der Waals surface area contributed by atoms with E-state index in [2.05, 4.69) is 5.10 Å². The molecule has 126 valence electrons. The second kappa shape index (κ2) is 6.74. The summed E-state index contributed by atoms with van der Waals surface area (Å²) in [5.74, 6) is -0.0979. The fourth-order valence-corrected chi connectivity index (χ4v) is 2.87. The highest BCUT2D eigenvalue weighted by molar-refractivity contribution is 5.97. The van der Waals surface area contributed by atoms with Crippen LogP contribution in [0.5, 0.6) is 0 Å². The Labute approximate surface area is 140 Å². The van der Waals surface area contributed by atoms with E-state index in [1.54, 1.807) is 26.9 Å². The molecule has 24 heavy (non-hydrogen) atoms. The van der Waals surface area contributed by atoms with Crippen molar-refractivity contribution in [3.63, 3.8) is 0 Å². The van der Waals surface area contributed by atoms with Gasteiger partial charge >= 0.3 is 0 Å². The average Bonchev–Trinajstić information content (AvgIpc) is 3.00. The Bertz CT molecular complexity index is 755. The number of para-hydroxylation sites is 1. The summed E-state index contributed by atoms with van der Waals surface area (Å²) in [6.45, 7) is 1.13. The third-order valence-electron chi connectivity index (χ3n) is 4.24. The quantitative estimate of drug-likeness (QED) is 0.842. The Morgan fingerprint density at radius 1 is 1.29 bits per heavy atom. The van der Waals surface area contributed by atoms with Crippen LogP contribution in [0.2, 0.25) is 0 Å². The molecule has 0 bridgehead atoms. The summed E-state index contributed by atoms with van der Waals surface area (Å²) in [5, 5.41) is 4.08. The van der Waals surface area contributed by atoms with Crippen LogP contribution >= 0.6 is 0 Å². The van der Waals surface area contributed by atoms with E-state index < -0.39 is 0 Å². The predicted octanol–water partition coefficient (Wildman–Crippen LogP) is 0.810. The molecule has 1 aromatic carbocycles. The van der Waals surface area contributed by atoms with Crippen molar-refractivity contribution < 1.29 is 9.59 Å². The number of rotatable bonds is 4. The maximum absolute atomic E-state index is 12.4. The van der Waals surface area contributed by atoms with Gasteiger partial charge in [-0.3, -0.25) is 14.3 Å². The van der Waals surface area contributed by atoms with Crippen LogP contribution < -0.4 is 10.6 Å². The highest BCUT2D eigenvalue weighted by Crippen LogP contribution is 2.17. The second-order valence-corrected chi connectivity index (χ2v) is 5.93. The Balaban J connectivity index is 1.56. The molecule has 1 aliphatic rings. The molecule has 0 radical (unpaired) electrons. The van der Waals surface area contributed by atoms with E-state index in [4.69, 9.17) is 5.73 Å². The zero-order valence-electron chi connectivity index (χ0n) is 13.7. The molecule has 0 saturated carbocycles. The Morgan fingerprint density at radius 2 is 2.08 bits per heavy atom. The molecule has 2 N–H and O–H groups in total. The minimum atomic E-state index is -0.0816. The third-order valence-corrected chi connectivity index (χ3v) is 4.24. The van der Waals surface area contributed by atoms with Crippen molar-refractivity contribution in [3.8, 4) is 0 Å². The minimum Gasteiger partial charge on any atom is -0.399 e. The van der Waals surface area contributed by atoms with E-state index >= 15 is 0 Å². The number of hydrogen-bond donors (Lipinski definition) is 1. The van der Waals surface area contributed by atoms with Gasteiger partial charge < -0.3 is 15.5 Å². The topological polar surface area (TPSA) is 84.5 Å².